The van der Waals surface area contributed by atoms with Crippen LogP contribution in [0, 0.1) is 18.6 Å². The van der Waals surface area contributed by atoms with Crippen molar-refractivity contribution in [1.29, 1.82) is 0 Å². The van der Waals surface area contributed by atoms with Crippen molar-refractivity contribution in [3.8, 4) is 0 Å². The molecule has 94 valence electrons. The lowest BCUT2D eigenvalue weighted by atomic mass is 9.97. The van der Waals surface area contributed by atoms with Gasteiger partial charge in [0.2, 0.25) is 0 Å². The summed E-state index contributed by atoms with van der Waals surface area (Å²) in [6.07, 6.45) is 0. The van der Waals surface area contributed by atoms with E-state index in [0.717, 1.165) is 5.56 Å². The Morgan fingerprint density at radius 2 is 1.83 bits per heavy atom. The number of hydrogen-bond acceptors (Lipinski definition) is 1. The van der Waals surface area contributed by atoms with E-state index >= 15 is 0 Å². The minimum absolute atomic E-state index is 0.257. The first kappa shape index (κ1) is 13.0. The number of benzene rings is 2. The number of rotatable bonds is 2. The smallest absolute Gasteiger partial charge is 0.128 e. The van der Waals surface area contributed by atoms with Crippen molar-refractivity contribution in [2.24, 2.45) is 5.73 Å². The summed E-state index contributed by atoms with van der Waals surface area (Å²) >= 11 is 5.81. The summed E-state index contributed by atoms with van der Waals surface area (Å²) in [4.78, 5) is 0. The zero-order chi connectivity index (χ0) is 13.3. The lowest BCUT2D eigenvalue weighted by Crippen LogP contribution is -2.14. The molecule has 0 saturated heterocycles. The van der Waals surface area contributed by atoms with Crippen LogP contribution in [-0.2, 0) is 0 Å². The number of halogens is 3. The van der Waals surface area contributed by atoms with Crippen molar-refractivity contribution in [3.63, 3.8) is 0 Å². The molecule has 0 heterocycles. The van der Waals surface area contributed by atoms with Crippen molar-refractivity contribution in [2.45, 2.75) is 13.0 Å². The highest BCUT2D eigenvalue weighted by Crippen LogP contribution is 2.26. The molecule has 2 aromatic rings. The van der Waals surface area contributed by atoms with Crippen LogP contribution >= 0.6 is 11.6 Å². The molecule has 2 N–H and O–H groups in total. The predicted octanol–water partition coefficient (Wildman–Crippen LogP) is 3.97. The van der Waals surface area contributed by atoms with E-state index < -0.39 is 11.9 Å². The molecule has 1 unspecified atom stereocenters. The van der Waals surface area contributed by atoms with E-state index in [1.807, 2.05) is 0 Å². The Balaban J connectivity index is 2.47. The van der Waals surface area contributed by atoms with Crippen molar-refractivity contribution in [3.05, 3.63) is 69.7 Å². The Bertz CT molecular complexity index is 564. The zero-order valence-electron chi connectivity index (χ0n) is 9.75. The highest BCUT2D eigenvalue weighted by atomic mass is 35.5. The second-order valence-electron chi connectivity index (χ2n) is 4.21. The van der Waals surface area contributed by atoms with Crippen LogP contribution in [0.3, 0.4) is 0 Å². The molecule has 0 radical (unpaired) electrons. The third kappa shape index (κ3) is 2.68. The molecule has 0 aliphatic heterocycles. The fraction of sp³-hybridized carbons (Fsp3) is 0.143. The summed E-state index contributed by atoms with van der Waals surface area (Å²) in [5.74, 6) is -0.836. The standard InChI is InChI=1S/C14H12ClF2N/c1-8-4-9(6-11(16)5-8)14(18)12-7-10(15)2-3-13(12)17/h2-7,14H,18H2,1H3. The van der Waals surface area contributed by atoms with Gasteiger partial charge in [-0.05, 0) is 48.4 Å². The third-order valence-corrected chi connectivity index (χ3v) is 2.95. The van der Waals surface area contributed by atoms with Crippen LogP contribution in [0.2, 0.25) is 5.02 Å². The SMILES string of the molecule is Cc1cc(F)cc(C(N)c2cc(Cl)ccc2F)c1. The molecule has 1 atom stereocenters. The van der Waals surface area contributed by atoms with Gasteiger partial charge in [-0.3, -0.25) is 0 Å². The summed E-state index contributed by atoms with van der Waals surface area (Å²) < 4.78 is 27.0. The first-order chi connectivity index (χ1) is 8.47. The molecular weight excluding hydrogens is 256 g/mol. The van der Waals surface area contributed by atoms with Crippen LogP contribution < -0.4 is 5.73 Å². The molecule has 2 rings (SSSR count). The maximum Gasteiger partial charge on any atom is 0.128 e. The van der Waals surface area contributed by atoms with Gasteiger partial charge in [-0.1, -0.05) is 17.7 Å². The summed E-state index contributed by atoms with van der Waals surface area (Å²) in [5.41, 5.74) is 7.48. The van der Waals surface area contributed by atoms with E-state index in [1.54, 1.807) is 13.0 Å². The van der Waals surface area contributed by atoms with E-state index in [9.17, 15) is 8.78 Å². The summed E-state index contributed by atoms with van der Waals surface area (Å²) in [7, 11) is 0. The minimum Gasteiger partial charge on any atom is -0.320 e. The minimum atomic E-state index is -0.738. The molecule has 0 aliphatic rings. The van der Waals surface area contributed by atoms with Gasteiger partial charge in [-0.15, -0.1) is 0 Å². The maximum atomic E-state index is 13.7. The lowest BCUT2D eigenvalue weighted by Gasteiger charge is -2.14. The molecule has 4 heteroatoms. The van der Waals surface area contributed by atoms with E-state index in [0.29, 0.717) is 10.6 Å². The molecule has 2 aromatic carbocycles. The molecule has 0 spiro atoms. The van der Waals surface area contributed by atoms with Crippen LogP contribution in [-0.4, -0.2) is 0 Å². The normalized spacial score (nSPS) is 12.5. The number of aryl methyl sites for hydroxylation is 1. The van der Waals surface area contributed by atoms with Crippen LogP contribution in [0.5, 0.6) is 0 Å². The van der Waals surface area contributed by atoms with Crippen LogP contribution in [0.1, 0.15) is 22.7 Å². The molecule has 0 aliphatic carbocycles. The maximum absolute atomic E-state index is 13.7. The third-order valence-electron chi connectivity index (χ3n) is 2.72. The van der Waals surface area contributed by atoms with Gasteiger partial charge in [0.05, 0.1) is 6.04 Å². The number of nitrogens with two attached hydrogens (primary N) is 1. The second kappa shape index (κ2) is 5.04. The lowest BCUT2D eigenvalue weighted by molar-refractivity contribution is 0.595. The van der Waals surface area contributed by atoms with E-state index in [2.05, 4.69) is 0 Å². The topological polar surface area (TPSA) is 26.0 Å². The molecule has 1 nitrogen and oxygen atoms in total. The van der Waals surface area contributed by atoms with Crippen LogP contribution in [0.25, 0.3) is 0 Å². The Hall–Kier alpha value is -1.45. The summed E-state index contributed by atoms with van der Waals surface area (Å²) in [6, 6.07) is 7.85. The predicted molar refractivity (Wildman–Crippen MR) is 68.6 cm³/mol. The number of hydrogen-bond donors (Lipinski definition) is 1. The van der Waals surface area contributed by atoms with Crippen molar-refractivity contribution in [1.82, 2.24) is 0 Å². The van der Waals surface area contributed by atoms with Crippen molar-refractivity contribution >= 4 is 11.6 Å². The molecular formula is C14H12ClF2N. The van der Waals surface area contributed by atoms with Gasteiger partial charge in [-0.2, -0.15) is 0 Å². The monoisotopic (exact) mass is 267 g/mol. The molecule has 0 fully saturated rings. The highest BCUT2D eigenvalue weighted by molar-refractivity contribution is 6.30. The zero-order valence-corrected chi connectivity index (χ0v) is 10.5. The summed E-state index contributed by atoms with van der Waals surface area (Å²) in [5, 5.41) is 0.398. The van der Waals surface area contributed by atoms with Crippen molar-refractivity contribution in [2.75, 3.05) is 0 Å². The van der Waals surface area contributed by atoms with E-state index in [4.69, 9.17) is 17.3 Å². The average Bonchev–Trinajstić information content (AvgIpc) is 2.30. The fourth-order valence-corrected chi connectivity index (χ4v) is 2.06. The summed E-state index contributed by atoms with van der Waals surface area (Å²) in [6.45, 7) is 1.76. The van der Waals surface area contributed by atoms with Gasteiger partial charge in [0, 0.05) is 10.6 Å². The van der Waals surface area contributed by atoms with Crippen LogP contribution in [0.4, 0.5) is 8.78 Å². The quantitative estimate of drug-likeness (QED) is 0.875. The van der Waals surface area contributed by atoms with Gasteiger partial charge in [0.25, 0.3) is 0 Å². The van der Waals surface area contributed by atoms with Gasteiger partial charge in [-0.25, -0.2) is 8.78 Å². The van der Waals surface area contributed by atoms with Gasteiger partial charge < -0.3 is 5.73 Å². The molecule has 0 aromatic heterocycles. The fourth-order valence-electron chi connectivity index (χ4n) is 1.88. The highest BCUT2D eigenvalue weighted by Gasteiger charge is 2.15. The first-order valence-electron chi connectivity index (χ1n) is 5.45. The largest absolute Gasteiger partial charge is 0.320 e. The Morgan fingerprint density at radius 3 is 2.50 bits per heavy atom. The Kier molecular flexibility index (Phi) is 3.64. The van der Waals surface area contributed by atoms with Crippen molar-refractivity contribution < 1.29 is 8.78 Å². The Labute approximate surface area is 109 Å². The van der Waals surface area contributed by atoms with Crippen LogP contribution in [0.15, 0.2) is 36.4 Å². The van der Waals surface area contributed by atoms with Gasteiger partial charge in [0.1, 0.15) is 11.6 Å². The average molecular weight is 268 g/mol. The molecule has 0 saturated carbocycles. The van der Waals surface area contributed by atoms with E-state index in [1.165, 1.54) is 30.3 Å². The second-order valence-corrected chi connectivity index (χ2v) is 4.64. The van der Waals surface area contributed by atoms with Gasteiger partial charge >= 0.3 is 0 Å². The molecule has 0 bridgehead atoms. The first-order valence-corrected chi connectivity index (χ1v) is 5.83. The van der Waals surface area contributed by atoms with E-state index in [-0.39, 0.29) is 11.4 Å². The van der Waals surface area contributed by atoms with Gasteiger partial charge in [0.15, 0.2) is 0 Å². The molecule has 18 heavy (non-hydrogen) atoms. The Morgan fingerprint density at radius 1 is 1.11 bits per heavy atom. The molecule has 0 amide bonds.